The lowest BCUT2D eigenvalue weighted by Gasteiger charge is -2.31. The van der Waals surface area contributed by atoms with Gasteiger partial charge in [0.15, 0.2) is 0 Å². The lowest BCUT2D eigenvalue weighted by Crippen LogP contribution is -2.52. The maximum atomic E-state index is 13.1. The molecule has 0 heterocycles. The van der Waals surface area contributed by atoms with Gasteiger partial charge in [-0.25, -0.2) is 0 Å². The van der Waals surface area contributed by atoms with Crippen LogP contribution < -0.4 is 10.1 Å². The minimum Gasteiger partial charge on any atom is -0.497 e. The molecule has 2 amide bonds. The van der Waals surface area contributed by atoms with Crippen molar-refractivity contribution in [2.45, 2.75) is 52.2 Å². The Kier molecular flexibility index (Phi) is 7.68. The van der Waals surface area contributed by atoms with E-state index in [1.807, 2.05) is 57.2 Å². The van der Waals surface area contributed by atoms with Crippen molar-refractivity contribution in [2.24, 2.45) is 0 Å². The van der Waals surface area contributed by atoms with Crippen LogP contribution in [0.4, 0.5) is 0 Å². The molecule has 0 radical (unpaired) electrons. The molecule has 0 fully saturated rings. The summed E-state index contributed by atoms with van der Waals surface area (Å²) in [5, 5.41) is 3.58. The predicted molar refractivity (Wildman–Crippen MR) is 116 cm³/mol. The monoisotopic (exact) mass is 416 g/mol. The summed E-state index contributed by atoms with van der Waals surface area (Å²) in [5.74, 6) is 0.432. The second-order valence-corrected chi connectivity index (χ2v) is 8.52. The average Bonchev–Trinajstić information content (AvgIpc) is 2.66. The summed E-state index contributed by atoms with van der Waals surface area (Å²) in [6.45, 7) is 7.84. The third kappa shape index (κ3) is 7.09. The van der Waals surface area contributed by atoms with Gasteiger partial charge in [-0.1, -0.05) is 35.9 Å². The number of amides is 2. The Morgan fingerprint density at radius 2 is 1.59 bits per heavy atom. The Labute approximate surface area is 178 Å². The SMILES string of the molecule is COc1ccc(CN(C(=O)Cc2ccc(Cl)cc2)C(C)C(=O)NC(C)(C)C)cc1. The number of methoxy groups -OCH3 is 1. The Morgan fingerprint density at radius 3 is 2.10 bits per heavy atom. The standard InChI is InChI=1S/C23H29ClN2O3/c1-16(22(28)25-23(2,3)4)26(15-18-8-12-20(29-5)13-9-18)21(27)14-17-6-10-19(24)11-7-17/h6-13,16H,14-15H2,1-5H3,(H,25,28). The van der Waals surface area contributed by atoms with Gasteiger partial charge in [-0.05, 0) is 63.1 Å². The van der Waals surface area contributed by atoms with Crippen LogP contribution in [0, 0.1) is 0 Å². The minimum atomic E-state index is -0.615. The number of nitrogens with zero attached hydrogens (tertiary/aromatic N) is 1. The number of ether oxygens (including phenoxy) is 1. The highest BCUT2D eigenvalue weighted by molar-refractivity contribution is 6.30. The first-order valence-corrected chi connectivity index (χ1v) is 9.96. The fourth-order valence-electron chi connectivity index (χ4n) is 2.86. The maximum Gasteiger partial charge on any atom is 0.242 e. The van der Waals surface area contributed by atoms with Gasteiger partial charge < -0.3 is 15.0 Å². The lowest BCUT2D eigenvalue weighted by atomic mass is 10.1. The van der Waals surface area contributed by atoms with Crippen LogP contribution in [0.3, 0.4) is 0 Å². The third-order valence-electron chi connectivity index (χ3n) is 4.45. The molecule has 0 aliphatic heterocycles. The molecule has 0 saturated heterocycles. The van der Waals surface area contributed by atoms with Gasteiger partial charge in [0, 0.05) is 17.1 Å². The Balaban J connectivity index is 2.23. The van der Waals surface area contributed by atoms with Crippen LogP contribution in [0.25, 0.3) is 0 Å². The fourth-order valence-corrected chi connectivity index (χ4v) is 2.99. The van der Waals surface area contributed by atoms with E-state index in [-0.39, 0.29) is 23.8 Å². The van der Waals surface area contributed by atoms with Gasteiger partial charge in [-0.3, -0.25) is 9.59 Å². The molecular formula is C23H29ClN2O3. The molecule has 2 rings (SSSR count). The quantitative estimate of drug-likeness (QED) is 0.735. The van der Waals surface area contributed by atoms with E-state index >= 15 is 0 Å². The van der Waals surface area contributed by atoms with E-state index in [4.69, 9.17) is 16.3 Å². The molecule has 1 N–H and O–H groups in total. The molecule has 6 heteroatoms. The van der Waals surface area contributed by atoms with E-state index in [0.717, 1.165) is 16.9 Å². The second kappa shape index (κ2) is 9.79. The molecule has 0 bridgehead atoms. The first-order valence-electron chi connectivity index (χ1n) is 9.58. The van der Waals surface area contributed by atoms with Gasteiger partial charge in [-0.2, -0.15) is 0 Å². The Morgan fingerprint density at radius 1 is 1.03 bits per heavy atom. The number of carbonyl (C=O) groups is 2. The van der Waals surface area contributed by atoms with Crippen LogP contribution in [-0.2, 0) is 22.6 Å². The number of nitrogens with one attached hydrogen (secondary N) is 1. The van der Waals surface area contributed by atoms with Gasteiger partial charge in [0.25, 0.3) is 0 Å². The van der Waals surface area contributed by atoms with Crippen LogP contribution in [0.2, 0.25) is 5.02 Å². The van der Waals surface area contributed by atoms with Gasteiger partial charge in [0.2, 0.25) is 11.8 Å². The van der Waals surface area contributed by atoms with Crippen LogP contribution >= 0.6 is 11.6 Å². The predicted octanol–water partition coefficient (Wildman–Crippen LogP) is 4.22. The largest absolute Gasteiger partial charge is 0.497 e. The summed E-state index contributed by atoms with van der Waals surface area (Å²) in [6, 6.07) is 14.0. The normalized spacial score (nSPS) is 12.2. The third-order valence-corrected chi connectivity index (χ3v) is 4.70. The molecule has 0 aromatic heterocycles. The van der Waals surface area contributed by atoms with Crippen LogP contribution in [0.5, 0.6) is 5.75 Å². The topological polar surface area (TPSA) is 58.6 Å². The highest BCUT2D eigenvalue weighted by Crippen LogP contribution is 2.17. The molecular weight excluding hydrogens is 388 g/mol. The van der Waals surface area contributed by atoms with E-state index in [0.29, 0.717) is 11.6 Å². The number of hydrogen-bond acceptors (Lipinski definition) is 3. The molecule has 2 aromatic rings. The number of hydrogen-bond donors (Lipinski definition) is 1. The van der Waals surface area contributed by atoms with Crippen molar-refractivity contribution in [2.75, 3.05) is 7.11 Å². The molecule has 0 spiro atoms. The van der Waals surface area contributed by atoms with E-state index in [2.05, 4.69) is 5.32 Å². The minimum absolute atomic E-state index is 0.125. The lowest BCUT2D eigenvalue weighted by molar-refractivity contribution is -0.140. The van der Waals surface area contributed by atoms with E-state index < -0.39 is 6.04 Å². The van der Waals surface area contributed by atoms with E-state index in [1.165, 1.54) is 0 Å². The second-order valence-electron chi connectivity index (χ2n) is 8.09. The fraction of sp³-hybridized carbons (Fsp3) is 0.391. The van der Waals surface area contributed by atoms with Crippen molar-refractivity contribution in [3.63, 3.8) is 0 Å². The molecule has 0 aliphatic rings. The number of carbonyl (C=O) groups excluding carboxylic acids is 2. The average molecular weight is 417 g/mol. The summed E-state index contributed by atoms with van der Waals surface area (Å²) in [4.78, 5) is 27.5. The Bertz CT molecular complexity index is 827. The summed E-state index contributed by atoms with van der Waals surface area (Å²) >= 11 is 5.94. The highest BCUT2D eigenvalue weighted by Gasteiger charge is 2.28. The van der Waals surface area contributed by atoms with E-state index in [9.17, 15) is 9.59 Å². The molecule has 1 unspecified atom stereocenters. The van der Waals surface area contributed by atoms with Crippen LogP contribution in [0.15, 0.2) is 48.5 Å². The van der Waals surface area contributed by atoms with Crippen molar-refractivity contribution < 1.29 is 14.3 Å². The Hall–Kier alpha value is -2.53. The summed E-state index contributed by atoms with van der Waals surface area (Å²) < 4.78 is 5.20. The van der Waals surface area contributed by atoms with Crippen LogP contribution in [0.1, 0.15) is 38.8 Å². The molecule has 156 valence electrons. The van der Waals surface area contributed by atoms with Crippen molar-refractivity contribution in [1.82, 2.24) is 10.2 Å². The maximum absolute atomic E-state index is 13.1. The molecule has 0 saturated carbocycles. The van der Waals surface area contributed by atoms with Crippen molar-refractivity contribution in [1.29, 1.82) is 0 Å². The zero-order valence-corrected chi connectivity index (χ0v) is 18.4. The smallest absolute Gasteiger partial charge is 0.242 e. The highest BCUT2D eigenvalue weighted by atomic mass is 35.5. The zero-order valence-electron chi connectivity index (χ0n) is 17.7. The molecule has 1 atom stereocenters. The molecule has 5 nitrogen and oxygen atoms in total. The molecule has 0 aliphatic carbocycles. The van der Waals surface area contributed by atoms with E-state index in [1.54, 1.807) is 31.1 Å². The summed E-state index contributed by atoms with van der Waals surface area (Å²) in [6.07, 6.45) is 0.195. The molecule has 2 aromatic carbocycles. The first kappa shape index (κ1) is 22.8. The zero-order chi connectivity index (χ0) is 21.6. The summed E-state index contributed by atoms with van der Waals surface area (Å²) in [7, 11) is 1.61. The first-order chi connectivity index (χ1) is 13.6. The number of rotatable bonds is 7. The van der Waals surface area contributed by atoms with Crippen molar-refractivity contribution >= 4 is 23.4 Å². The van der Waals surface area contributed by atoms with Crippen LogP contribution in [-0.4, -0.2) is 35.4 Å². The number of benzene rings is 2. The van der Waals surface area contributed by atoms with Crippen molar-refractivity contribution in [3.8, 4) is 5.75 Å². The van der Waals surface area contributed by atoms with Gasteiger partial charge in [-0.15, -0.1) is 0 Å². The van der Waals surface area contributed by atoms with Gasteiger partial charge in [0.1, 0.15) is 11.8 Å². The van der Waals surface area contributed by atoms with Gasteiger partial charge >= 0.3 is 0 Å². The van der Waals surface area contributed by atoms with Gasteiger partial charge in [0.05, 0.1) is 13.5 Å². The molecule has 29 heavy (non-hydrogen) atoms. The number of halogens is 1. The summed E-state index contributed by atoms with van der Waals surface area (Å²) in [5.41, 5.74) is 1.39. The van der Waals surface area contributed by atoms with Crippen molar-refractivity contribution in [3.05, 3.63) is 64.7 Å².